The number of rotatable bonds is 1. The second-order valence-electron chi connectivity index (χ2n) is 4.50. The molecule has 0 aliphatic carbocycles. The number of fused-ring (bicyclic) bond motifs is 2. The summed E-state index contributed by atoms with van der Waals surface area (Å²) in [4.78, 5) is 3.27. The van der Waals surface area contributed by atoms with E-state index < -0.39 is 0 Å². The summed E-state index contributed by atoms with van der Waals surface area (Å²) in [5.74, 6) is -0.264. The third kappa shape index (κ3) is 1.46. The molecule has 3 nitrogen and oxygen atoms in total. The number of halogens is 1. The van der Waals surface area contributed by atoms with Crippen LogP contribution in [0.4, 0.5) is 4.39 Å². The summed E-state index contributed by atoms with van der Waals surface area (Å²) in [5, 5.41) is 8.70. The molecule has 0 aliphatic heterocycles. The topological polar surface area (TPSA) is 44.5 Å². The normalized spacial score (nSPS) is 11.4. The van der Waals surface area contributed by atoms with Gasteiger partial charge in [0.1, 0.15) is 11.5 Å². The predicted molar refractivity (Wildman–Crippen MR) is 73.3 cm³/mol. The minimum Gasteiger partial charge on any atom is -0.353 e. The number of benzene rings is 2. The first-order valence-corrected chi connectivity index (χ1v) is 6.03. The highest BCUT2D eigenvalue weighted by atomic mass is 19.1. The molecule has 0 bridgehead atoms. The van der Waals surface area contributed by atoms with Gasteiger partial charge in [-0.3, -0.25) is 5.10 Å². The van der Waals surface area contributed by atoms with Crippen LogP contribution in [-0.4, -0.2) is 15.2 Å². The maximum Gasteiger partial charge on any atom is 0.134 e. The van der Waals surface area contributed by atoms with Gasteiger partial charge >= 0.3 is 0 Å². The lowest BCUT2D eigenvalue weighted by atomic mass is 10.1. The zero-order valence-corrected chi connectivity index (χ0v) is 9.94. The van der Waals surface area contributed by atoms with Crippen molar-refractivity contribution in [1.29, 1.82) is 0 Å². The summed E-state index contributed by atoms with van der Waals surface area (Å²) in [6, 6.07) is 14.9. The molecule has 2 heterocycles. The molecular formula is C15H10FN3. The smallest absolute Gasteiger partial charge is 0.134 e. The fraction of sp³-hybridized carbons (Fsp3) is 0. The van der Waals surface area contributed by atoms with E-state index in [2.05, 4.69) is 15.2 Å². The number of para-hydroxylation sites is 1. The highest BCUT2D eigenvalue weighted by molar-refractivity contribution is 5.95. The van der Waals surface area contributed by atoms with E-state index in [1.165, 1.54) is 6.07 Å². The second-order valence-corrected chi connectivity index (χ2v) is 4.50. The van der Waals surface area contributed by atoms with Crippen LogP contribution in [0, 0.1) is 5.82 Å². The van der Waals surface area contributed by atoms with Crippen LogP contribution in [0.25, 0.3) is 33.2 Å². The molecular weight excluding hydrogens is 241 g/mol. The number of nitrogens with one attached hydrogen (secondary N) is 2. The molecule has 2 N–H and O–H groups in total. The Bertz CT molecular complexity index is 856. The molecule has 4 aromatic rings. The number of aromatic nitrogens is 3. The van der Waals surface area contributed by atoms with Crippen molar-refractivity contribution < 1.29 is 4.39 Å². The van der Waals surface area contributed by atoms with Crippen molar-refractivity contribution in [1.82, 2.24) is 15.2 Å². The van der Waals surface area contributed by atoms with Crippen molar-refractivity contribution in [3.63, 3.8) is 0 Å². The van der Waals surface area contributed by atoms with Crippen molar-refractivity contribution in [2.45, 2.75) is 0 Å². The largest absolute Gasteiger partial charge is 0.353 e. The van der Waals surface area contributed by atoms with Gasteiger partial charge in [-0.05, 0) is 24.3 Å². The van der Waals surface area contributed by atoms with E-state index in [0.717, 1.165) is 16.6 Å². The van der Waals surface area contributed by atoms with Gasteiger partial charge in [0.15, 0.2) is 0 Å². The minimum absolute atomic E-state index is 0.264. The number of aromatic amines is 2. The van der Waals surface area contributed by atoms with E-state index in [-0.39, 0.29) is 5.82 Å². The van der Waals surface area contributed by atoms with Crippen LogP contribution in [0.5, 0.6) is 0 Å². The Balaban J connectivity index is 2.04. The Morgan fingerprint density at radius 1 is 0.947 bits per heavy atom. The average molecular weight is 251 g/mol. The van der Waals surface area contributed by atoms with E-state index in [1.54, 1.807) is 6.07 Å². The van der Waals surface area contributed by atoms with Gasteiger partial charge < -0.3 is 4.98 Å². The van der Waals surface area contributed by atoms with Gasteiger partial charge in [-0.15, -0.1) is 0 Å². The Labute approximate surface area is 108 Å². The molecule has 0 unspecified atom stereocenters. The fourth-order valence-corrected chi connectivity index (χ4v) is 2.43. The van der Waals surface area contributed by atoms with E-state index in [1.807, 2.05) is 36.4 Å². The van der Waals surface area contributed by atoms with Crippen LogP contribution < -0.4 is 0 Å². The van der Waals surface area contributed by atoms with E-state index in [4.69, 9.17) is 0 Å². The van der Waals surface area contributed by atoms with E-state index in [9.17, 15) is 4.39 Å². The summed E-state index contributed by atoms with van der Waals surface area (Å²) in [6.07, 6.45) is 0. The summed E-state index contributed by atoms with van der Waals surface area (Å²) >= 11 is 0. The van der Waals surface area contributed by atoms with Gasteiger partial charge in [-0.1, -0.05) is 24.3 Å². The van der Waals surface area contributed by atoms with Crippen LogP contribution in [0.1, 0.15) is 0 Å². The van der Waals surface area contributed by atoms with Gasteiger partial charge in [0, 0.05) is 10.9 Å². The number of hydrogen-bond acceptors (Lipinski definition) is 1. The van der Waals surface area contributed by atoms with Gasteiger partial charge in [0.25, 0.3) is 0 Å². The fourth-order valence-electron chi connectivity index (χ4n) is 2.43. The SMILES string of the molecule is Fc1cccc2[nH]nc(-c3cc4ccccc4[nH]3)c12. The van der Waals surface area contributed by atoms with Gasteiger partial charge in [0.05, 0.1) is 16.6 Å². The zero-order chi connectivity index (χ0) is 12.8. The highest BCUT2D eigenvalue weighted by Gasteiger charge is 2.13. The summed E-state index contributed by atoms with van der Waals surface area (Å²) in [6.45, 7) is 0. The molecule has 4 heteroatoms. The number of hydrogen-bond donors (Lipinski definition) is 2. The minimum atomic E-state index is -0.264. The van der Waals surface area contributed by atoms with Gasteiger partial charge in [0.2, 0.25) is 0 Å². The third-order valence-corrected chi connectivity index (χ3v) is 3.32. The molecule has 2 aromatic carbocycles. The molecule has 0 amide bonds. The maximum absolute atomic E-state index is 13.9. The third-order valence-electron chi connectivity index (χ3n) is 3.32. The quantitative estimate of drug-likeness (QED) is 0.530. The van der Waals surface area contributed by atoms with Crippen molar-refractivity contribution in [2.24, 2.45) is 0 Å². The van der Waals surface area contributed by atoms with Gasteiger partial charge in [-0.25, -0.2) is 4.39 Å². The van der Waals surface area contributed by atoms with Crippen LogP contribution in [0.15, 0.2) is 48.5 Å². The summed E-state index contributed by atoms with van der Waals surface area (Å²) in [7, 11) is 0. The van der Waals surface area contributed by atoms with E-state index >= 15 is 0 Å². The molecule has 0 aliphatic rings. The first-order valence-electron chi connectivity index (χ1n) is 6.03. The Kier molecular flexibility index (Phi) is 2.00. The van der Waals surface area contributed by atoms with E-state index in [0.29, 0.717) is 16.6 Å². The lowest BCUT2D eigenvalue weighted by Gasteiger charge is -1.95. The Hall–Kier alpha value is -2.62. The Morgan fingerprint density at radius 2 is 1.79 bits per heavy atom. The molecule has 0 saturated carbocycles. The standard InChI is InChI=1S/C15H10FN3/c16-10-5-3-7-12-14(10)15(19-18-12)13-8-9-4-1-2-6-11(9)17-13/h1-8,17H,(H,18,19). The molecule has 19 heavy (non-hydrogen) atoms. The van der Waals surface area contributed by atoms with Crippen molar-refractivity contribution in [2.75, 3.05) is 0 Å². The molecule has 0 saturated heterocycles. The monoisotopic (exact) mass is 251 g/mol. The lowest BCUT2D eigenvalue weighted by Crippen LogP contribution is -1.81. The number of H-pyrrole nitrogens is 2. The van der Waals surface area contributed by atoms with Crippen molar-refractivity contribution in [3.05, 3.63) is 54.3 Å². The summed E-state index contributed by atoms with van der Waals surface area (Å²) < 4.78 is 13.9. The molecule has 92 valence electrons. The maximum atomic E-state index is 13.9. The molecule has 2 aromatic heterocycles. The Morgan fingerprint density at radius 3 is 2.68 bits per heavy atom. The highest BCUT2D eigenvalue weighted by Crippen LogP contribution is 2.29. The van der Waals surface area contributed by atoms with Crippen LogP contribution in [0.3, 0.4) is 0 Å². The van der Waals surface area contributed by atoms with Crippen molar-refractivity contribution in [3.8, 4) is 11.4 Å². The second kappa shape index (κ2) is 3.68. The van der Waals surface area contributed by atoms with Gasteiger partial charge in [-0.2, -0.15) is 5.10 Å². The first kappa shape index (κ1) is 10.3. The molecule has 0 fully saturated rings. The predicted octanol–water partition coefficient (Wildman–Crippen LogP) is 3.85. The van der Waals surface area contributed by atoms with Crippen LogP contribution in [-0.2, 0) is 0 Å². The molecule has 0 spiro atoms. The lowest BCUT2D eigenvalue weighted by molar-refractivity contribution is 0.640. The van der Waals surface area contributed by atoms with Crippen molar-refractivity contribution >= 4 is 21.8 Å². The van der Waals surface area contributed by atoms with Crippen LogP contribution in [0.2, 0.25) is 0 Å². The first-order chi connectivity index (χ1) is 9.33. The van der Waals surface area contributed by atoms with Crippen LogP contribution >= 0.6 is 0 Å². The molecule has 4 rings (SSSR count). The average Bonchev–Trinajstić information content (AvgIpc) is 3.02. The number of nitrogens with zero attached hydrogens (tertiary/aromatic N) is 1. The molecule has 0 radical (unpaired) electrons. The zero-order valence-electron chi connectivity index (χ0n) is 9.94. The summed E-state index contributed by atoms with van der Waals surface area (Å²) in [5.41, 5.74) is 3.15. The molecule has 0 atom stereocenters.